The maximum atomic E-state index is 14.2. The molecule has 0 bridgehead atoms. The number of nitrogens with two attached hydrogens (primary N) is 1. The normalized spacial score (nSPS) is 11.9. The van der Waals surface area contributed by atoms with Crippen LogP contribution in [0.2, 0.25) is 0 Å². The molecule has 0 atom stereocenters. The van der Waals surface area contributed by atoms with E-state index in [0.717, 1.165) is 30.0 Å². The minimum atomic E-state index is -4.25. The molecule has 0 heterocycles. The summed E-state index contributed by atoms with van der Waals surface area (Å²) in [6.45, 7) is 1.64. The zero-order chi connectivity index (χ0) is 20.9. The van der Waals surface area contributed by atoms with E-state index in [-0.39, 0.29) is 16.4 Å². The fourth-order valence-corrected chi connectivity index (χ4v) is 4.04. The predicted octanol–water partition coefficient (Wildman–Crippen LogP) is 3.56. The molecule has 148 valence electrons. The van der Waals surface area contributed by atoms with Gasteiger partial charge in [0.15, 0.2) is 10.1 Å². The summed E-state index contributed by atoms with van der Waals surface area (Å²) in [5.74, 6) is -0.206. The van der Waals surface area contributed by atoms with Crippen molar-refractivity contribution in [3.63, 3.8) is 0 Å². The third-order valence-corrected chi connectivity index (χ3v) is 5.70. The number of hydrogen-bond acceptors (Lipinski definition) is 6. The van der Waals surface area contributed by atoms with Gasteiger partial charge in [0.25, 0.3) is 15.7 Å². The number of thioether (sulfide) groups is 1. The van der Waals surface area contributed by atoms with E-state index in [4.69, 9.17) is 11.1 Å². The summed E-state index contributed by atoms with van der Waals surface area (Å²) in [7, 11) is -4.25. The minimum absolute atomic E-state index is 0.0570. The molecule has 0 aliphatic carbocycles. The molecule has 0 aliphatic rings. The summed E-state index contributed by atoms with van der Waals surface area (Å²) in [6, 6.07) is 8.56. The van der Waals surface area contributed by atoms with Crippen LogP contribution in [-0.2, 0) is 10.0 Å². The number of nitro benzene ring substituents is 1. The largest absolute Gasteiger partial charge is 0.379 e. The molecule has 11 heteroatoms. The van der Waals surface area contributed by atoms with Gasteiger partial charge in [-0.3, -0.25) is 20.2 Å². The standard InChI is InChI=1S/C17H17FN4O4S2/c1-11(8-9-27-17(19)20)13-10-12(6-7-14(13)18)21-28(25,26)16-5-3-2-4-15(16)22(23)24/h2-8,10,21H,9H2,1H3,(H3,19,20)/b11-8+. The number of rotatable bonds is 7. The van der Waals surface area contributed by atoms with Gasteiger partial charge >= 0.3 is 0 Å². The molecule has 2 aromatic carbocycles. The van der Waals surface area contributed by atoms with Crippen LogP contribution in [0.25, 0.3) is 5.57 Å². The van der Waals surface area contributed by atoms with Crippen LogP contribution in [-0.4, -0.2) is 24.3 Å². The number of benzene rings is 2. The molecule has 0 aliphatic heterocycles. The Morgan fingerprint density at radius 3 is 2.68 bits per heavy atom. The average molecular weight is 424 g/mol. The third kappa shape index (κ3) is 5.30. The highest BCUT2D eigenvalue weighted by atomic mass is 32.2. The van der Waals surface area contributed by atoms with Crippen molar-refractivity contribution in [3.05, 3.63) is 70.0 Å². The van der Waals surface area contributed by atoms with Crippen LogP contribution in [0.1, 0.15) is 12.5 Å². The molecule has 2 rings (SSSR count). The first kappa shape index (κ1) is 21.4. The Hall–Kier alpha value is -2.92. The van der Waals surface area contributed by atoms with Gasteiger partial charge in [-0.05, 0) is 36.8 Å². The van der Waals surface area contributed by atoms with Gasteiger partial charge in [-0.1, -0.05) is 30.0 Å². The van der Waals surface area contributed by atoms with Crippen molar-refractivity contribution in [3.8, 4) is 0 Å². The highest BCUT2D eigenvalue weighted by Gasteiger charge is 2.25. The summed E-state index contributed by atoms with van der Waals surface area (Å²) in [4.78, 5) is 9.81. The minimum Gasteiger partial charge on any atom is -0.379 e. The van der Waals surface area contributed by atoms with Crippen LogP contribution in [0.15, 0.2) is 53.4 Å². The second-order valence-corrected chi connectivity index (χ2v) is 8.30. The topological polar surface area (TPSA) is 139 Å². The first-order valence-corrected chi connectivity index (χ1v) is 10.3. The lowest BCUT2D eigenvalue weighted by atomic mass is 10.1. The first-order valence-electron chi connectivity index (χ1n) is 7.81. The number of nitrogens with one attached hydrogen (secondary N) is 2. The SMILES string of the molecule is C/C(=C\CSC(=N)N)c1cc(NS(=O)(=O)c2ccccc2[N+](=O)[O-])ccc1F. The van der Waals surface area contributed by atoms with Crippen LogP contribution in [0.3, 0.4) is 0 Å². The Morgan fingerprint density at radius 2 is 2.04 bits per heavy atom. The zero-order valence-corrected chi connectivity index (χ0v) is 16.3. The van der Waals surface area contributed by atoms with Crippen LogP contribution in [0, 0.1) is 21.3 Å². The predicted molar refractivity (Wildman–Crippen MR) is 108 cm³/mol. The van der Waals surface area contributed by atoms with Crippen LogP contribution < -0.4 is 10.5 Å². The fraction of sp³-hybridized carbons (Fsp3) is 0.118. The van der Waals surface area contributed by atoms with E-state index in [9.17, 15) is 22.9 Å². The molecule has 0 fully saturated rings. The van der Waals surface area contributed by atoms with Gasteiger partial charge in [-0.15, -0.1) is 0 Å². The van der Waals surface area contributed by atoms with Crippen LogP contribution in [0.4, 0.5) is 15.8 Å². The van der Waals surface area contributed by atoms with Crippen molar-refractivity contribution in [2.75, 3.05) is 10.5 Å². The quantitative estimate of drug-likeness (QED) is 0.269. The van der Waals surface area contributed by atoms with Crippen molar-refractivity contribution in [2.24, 2.45) is 5.73 Å². The second-order valence-electron chi connectivity index (χ2n) is 5.59. The molecule has 0 spiro atoms. The first-order chi connectivity index (χ1) is 13.1. The number of allylic oxidation sites excluding steroid dienone is 1. The molecule has 0 aromatic heterocycles. The number of amidine groups is 1. The van der Waals surface area contributed by atoms with Gasteiger partial charge in [-0.25, -0.2) is 12.8 Å². The van der Waals surface area contributed by atoms with E-state index in [2.05, 4.69) is 4.72 Å². The molecule has 0 unspecified atom stereocenters. The Kier molecular flexibility index (Phi) is 6.75. The van der Waals surface area contributed by atoms with E-state index in [1.807, 2.05) is 0 Å². The van der Waals surface area contributed by atoms with Crippen molar-refractivity contribution >= 4 is 43.9 Å². The Bertz CT molecular complexity index is 1050. The zero-order valence-electron chi connectivity index (χ0n) is 14.7. The molecule has 0 saturated heterocycles. The summed E-state index contributed by atoms with van der Waals surface area (Å²) in [5.41, 5.74) is 5.43. The second kappa shape index (κ2) is 8.85. The highest BCUT2D eigenvalue weighted by Crippen LogP contribution is 2.27. The van der Waals surface area contributed by atoms with Gasteiger partial charge in [0.1, 0.15) is 5.82 Å². The molecule has 0 radical (unpaired) electrons. The van der Waals surface area contributed by atoms with Gasteiger partial charge in [0, 0.05) is 23.1 Å². The molecule has 0 amide bonds. The van der Waals surface area contributed by atoms with Crippen LogP contribution >= 0.6 is 11.8 Å². The number of anilines is 1. The summed E-state index contributed by atoms with van der Waals surface area (Å²) in [6.07, 6.45) is 1.66. The molecule has 0 saturated carbocycles. The summed E-state index contributed by atoms with van der Waals surface area (Å²) >= 11 is 1.06. The lowest BCUT2D eigenvalue weighted by Crippen LogP contribution is -2.15. The summed E-state index contributed by atoms with van der Waals surface area (Å²) < 4.78 is 41.5. The Labute approximate surface area is 165 Å². The highest BCUT2D eigenvalue weighted by molar-refractivity contribution is 8.13. The number of sulfonamides is 1. The number of hydrogen-bond donors (Lipinski definition) is 3. The lowest BCUT2D eigenvalue weighted by Gasteiger charge is -2.11. The molecule has 4 N–H and O–H groups in total. The molecule has 2 aromatic rings. The van der Waals surface area contributed by atoms with Gasteiger partial charge in [0.05, 0.1) is 4.92 Å². The molecular weight excluding hydrogens is 407 g/mol. The number of para-hydroxylation sites is 1. The number of halogens is 1. The Balaban J connectivity index is 2.35. The fourth-order valence-electron chi connectivity index (χ4n) is 2.30. The Morgan fingerprint density at radius 1 is 1.36 bits per heavy atom. The van der Waals surface area contributed by atoms with E-state index in [0.29, 0.717) is 11.3 Å². The van der Waals surface area contributed by atoms with Gasteiger partial charge in [0.2, 0.25) is 0 Å². The van der Waals surface area contributed by atoms with Crippen molar-refractivity contribution in [1.82, 2.24) is 0 Å². The molecular formula is C17H17FN4O4S2. The summed E-state index contributed by atoms with van der Waals surface area (Å²) in [5, 5.41) is 18.2. The van der Waals surface area contributed by atoms with E-state index in [1.165, 1.54) is 24.3 Å². The molecule has 8 nitrogen and oxygen atoms in total. The maximum absolute atomic E-state index is 14.2. The van der Waals surface area contributed by atoms with Gasteiger partial charge < -0.3 is 5.73 Å². The average Bonchev–Trinajstić information content (AvgIpc) is 2.62. The van der Waals surface area contributed by atoms with E-state index in [1.54, 1.807) is 13.0 Å². The van der Waals surface area contributed by atoms with Gasteiger partial charge in [-0.2, -0.15) is 0 Å². The van der Waals surface area contributed by atoms with E-state index >= 15 is 0 Å². The van der Waals surface area contributed by atoms with Crippen molar-refractivity contribution in [2.45, 2.75) is 11.8 Å². The van der Waals surface area contributed by atoms with Crippen LogP contribution in [0.5, 0.6) is 0 Å². The lowest BCUT2D eigenvalue weighted by molar-refractivity contribution is -0.387. The monoisotopic (exact) mass is 424 g/mol. The molecule has 28 heavy (non-hydrogen) atoms. The van der Waals surface area contributed by atoms with Crippen molar-refractivity contribution < 1.29 is 17.7 Å². The smallest absolute Gasteiger partial charge is 0.289 e. The third-order valence-electron chi connectivity index (χ3n) is 3.62. The number of nitro groups is 1. The van der Waals surface area contributed by atoms with E-state index < -0.39 is 31.3 Å². The maximum Gasteiger partial charge on any atom is 0.289 e. The number of nitrogens with zero attached hydrogens (tertiary/aromatic N) is 1. The van der Waals surface area contributed by atoms with Crippen molar-refractivity contribution in [1.29, 1.82) is 5.41 Å².